The highest BCUT2D eigenvalue weighted by molar-refractivity contribution is 5.60. The number of rotatable bonds is 6. The van der Waals surface area contributed by atoms with Crippen molar-refractivity contribution in [1.29, 1.82) is 0 Å². The third kappa shape index (κ3) is 3.43. The summed E-state index contributed by atoms with van der Waals surface area (Å²) in [6, 6.07) is 21.2. The van der Waals surface area contributed by atoms with E-state index in [-0.39, 0.29) is 12.1 Å². The maximum Gasteiger partial charge on any atom is 0.210 e. The van der Waals surface area contributed by atoms with Crippen LogP contribution in [0, 0.1) is 6.67 Å². The van der Waals surface area contributed by atoms with E-state index in [4.69, 9.17) is 0 Å². The zero-order valence-corrected chi connectivity index (χ0v) is 13.9. The Kier molecular flexibility index (Phi) is 4.51. The Bertz CT molecular complexity index is 709. The van der Waals surface area contributed by atoms with Gasteiger partial charge in [-0.15, -0.1) is 0 Å². The van der Waals surface area contributed by atoms with E-state index in [0.717, 1.165) is 11.4 Å². The minimum atomic E-state index is 0.169. The molecule has 0 amide bonds. The summed E-state index contributed by atoms with van der Waals surface area (Å²) in [6.45, 7) is 3.63. The van der Waals surface area contributed by atoms with Gasteiger partial charge in [0, 0.05) is 11.4 Å². The Labute approximate surface area is 149 Å². The van der Waals surface area contributed by atoms with Crippen LogP contribution >= 0.6 is 0 Å². The molecule has 0 saturated heterocycles. The summed E-state index contributed by atoms with van der Waals surface area (Å²) in [6.07, 6.45) is 17.1. The predicted molar refractivity (Wildman–Crippen MR) is 105 cm³/mol. The van der Waals surface area contributed by atoms with Crippen LogP contribution in [-0.4, -0.2) is 12.1 Å². The van der Waals surface area contributed by atoms with Crippen molar-refractivity contribution in [2.45, 2.75) is 12.1 Å². The zero-order valence-electron chi connectivity index (χ0n) is 13.9. The number of hydrogen-bond donors (Lipinski definition) is 0. The van der Waals surface area contributed by atoms with Crippen LogP contribution < -0.4 is 9.80 Å². The van der Waals surface area contributed by atoms with Gasteiger partial charge in [-0.1, -0.05) is 85.0 Å². The maximum atomic E-state index is 3.63. The molecule has 25 heavy (non-hydrogen) atoms. The number of hydrogen-bond acceptors (Lipinski definition) is 2. The van der Waals surface area contributed by atoms with E-state index in [9.17, 15) is 0 Å². The molecule has 0 aromatic heterocycles. The van der Waals surface area contributed by atoms with Crippen LogP contribution in [0.25, 0.3) is 0 Å². The summed E-state index contributed by atoms with van der Waals surface area (Å²) in [5, 5.41) is 0. The van der Waals surface area contributed by atoms with Gasteiger partial charge >= 0.3 is 0 Å². The van der Waals surface area contributed by atoms with Gasteiger partial charge in [0.2, 0.25) is 6.67 Å². The highest BCUT2D eigenvalue weighted by Gasteiger charge is 2.25. The average molecular weight is 324 g/mol. The summed E-state index contributed by atoms with van der Waals surface area (Å²) in [7, 11) is 0. The van der Waals surface area contributed by atoms with Gasteiger partial charge in [0.15, 0.2) is 0 Å². The molecule has 2 nitrogen and oxygen atoms in total. The SMILES string of the molecule is [C](N(c1ccccc1)C1C=CC=C1)N(c1ccccc1)C1C=CC=C1. The smallest absolute Gasteiger partial charge is 0.210 e. The molecule has 2 radical (unpaired) electrons. The fraction of sp³-hybridized carbons (Fsp3) is 0.0870. The van der Waals surface area contributed by atoms with E-state index in [2.05, 4.69) is 114 Å². The van der Waals surface area contributed by atoms with Crippen LogP contribution in [0.5, 0.6) is 0 Å². The first-order valence-electron chi connectivity index (χ1n) is 8.57. The first-order chi connectivity index (χ1) is 12.4. The maximum absolute atomic E-state index is 3.63. The molecule has 2 heteroatoms. The molecule has 2 aliphatic carbocycles. The molecule has 0 saturated carbocycles. The lowest BCUT2D eigenvalue weighted by Crippen LogP contribution is -2.41. The third-order valence-electron chi connectivity index (χ3n) is 4.34. The quantitative estimate of drug-likeness (QED) is 0.691. The first-order valence-corrected chi connectivity index (χ1v) is 8.57. The highest BCUT2D eigenvalue weighted by atomic mass is 15.3. The summed E-state index contributed by atoms with van der Waals surface area (Å²) in [4.78, 5) is 4.38. The van der Waals surface area contributed by atoms with Gasteiger partial charge in [-0.05, 0) is 24.3 Å². The lowest BCUT2D eigenvalue weighted by Gasteiger charge is -2.36. The molecular weight excluding hydrogens is 304 g/mol. The van der Waals surface area contributed by atoms with Gasteiger partial charge in [-0.3, -0.25) is 0 Å². The molecule has 0 unspecified atom stereocenters. The topological polar surface area (TPSA) is 6.48 Å². The van der Waals surface area contributed by atoms with E-state index in [0.29, 0.717) is 0 Å². The van der Waals surface area contributed by atoms with Crippen LogP contribution in [0.4, 0.5) is 11.4 Å². The highest BCUT2D eigenvalue weighted by Crippen LogP contribution is 2.28. The molecule has 0 N–H and O–H groups in total. The number of benzene rings is 2. The van der Waals surface area contributed by atoms with E-state index < -0.39 is 0 Å². The van der Waals surface area contributed by atoms with Gasteiger partial charge in [-0.25, -0.2) is 0 Å². The monoisotopic (exact) mass is 324 g/mol. The Morgan fingerprint density at radius 1 is 0.520 bits per heavy atom. The molecule has 122 valence electrons. The Morgan fingerprint density at radius 2 is 0.880 bits per heavy atom. The van der Waals surface area contributed by atoms with Crippen LogP contribution in [0.15, 0.2) is 109 Å². The summed E-state index contributed by atoms with van der Waals surface area (Å²) < 4.78 is 0. The minimum Gasteiger partial charge on any atom is -0.331 e. The van der Waals surface area contributed by atoms with Gasteiger partial charge in [0.1, 0.15) is 0 Å². The van der Waals surface area contributed by atoms with Gasteiger partial charge < -0.3 is 9.80 Å². The molecule has 2 aromatic carbocycles. The van der Waals surface area contributed by atoms with Crippen LogP contribution in [0.3, 0.4) is 0 Å². The van der Waals surface area contributed by atoms with Crippen molar-refractivity contribution >= 4 is 11.4 Å². The van der Waals surface area contributed by atoms with Crippen molar-refractivity contribution in [3.8, 4) is 0 Å². The molecule has 0 heterocycles. The number of para-hydroxylation sites is 2. The normalized spacial score (nSPS) is 16.0. The van der Waals surface area contributed by atoms with Crippen molar-refractivity contribution in [3.63, 3.8) is 0 Å². The van der Waals surface area contributed by atoms with Crippen LogP contribution in [0.1, 0.15) is 0 Å². The molecule has 0 aliphatic heterocycles. The second kappa shape index (κ2) is 7.27. The van der Waals surface area contributed by atoms with Crippen molar-refractivity contribution in [3.05, 3.63) is 116 Å². The largest absolute Gasteiger partial charge is 0.331 e. The number of nitrogens with zero attached hydrogens (tertiary/aromatic N) is 2. The van der Waals surface area contributed by atoms with Crippen molar-refractivity contribution in [1.82, 2.24) is 0 Å². The van der Waals surface area contributed by atoms with Gasteiger partial charge in [0.05, 0.1) is 12.1 Å². The van der Waals surface area contributed by atoms with E-state index in [1.165, 1.54) is 0 Å². The van der Waals surface area contributed by atoms with Crippen LogP contribution in [0.2, 0.25) is 0 Å². The van der Waals surface area contributed by atoms with Crippen molar-refractivity contribution in [2.24, 2.45) is 0 Å². The van der Waals surface area contributed by atoms with E-state index in [1.807, 2.05) is 12.1 Å². The molecule has 0 bridgehead atoms. The lowest BCUT2D eigenvalue weighted by molar-refractivity contribution is 0.785. The molecule has 4 rings (SSSR count). The summed E-state index contributed by atoms with van der Waals surface area (Å²) in [5.74, 6) is 0. The number of anilines is 2. The summed E-state index contributed by atoms with van der Waals surface area (Å²) >= 11 is 0. The molecule has 0 spiro atoms. The standard InChI is InChI=1S/C23H20N2/c1-3-11-20(12-4-1)24(22-15-7-8-16-22)19-25(23-17-9-10-18-23)21-13-5-2-6-14-21/h1-18,22-23H. The fourth-order valence-electron chi connectivity index (χ4n) is 3.07. The minimum absolute atomic E-state index is 0.169. The van der Waals surface area contributed by atoms with E-state index >= 15 is 0 Å². The average Bonchev–Trinajstić information content (AvgIpc) is 3.38. The fourth-order valence-corrected chi connectivity index (χ4v) is 3.07. The molecule has 2 aromatic rings. The Balaban J connectivity index is 1.68. The van der Waals surface area contributed by atoms with E-state index in [1.54, 1.807) is 0 Å². The second-order valence-corrected chi connectivity index (χ2v) is 6.03. The Morgan fingerprint density at radius 3 is 1.24 bits per heavy atom. The van der Waals surface area contributed by atoms with Crippen LogP contribution in [-0.2, 0) is 0 Å². The van der Waals surface area contributed by atoms with Crippen molar-refractivity contribution in [2.75, 3.05) is 9.80 Å². The Hall–Kier alpha value is -3.00. The molecule has 0 atom stereocenters. The van der Waals surface area contributed by atoms with Gasteiger partial charge in [-0.2, -0.15) is 0 Å². The van der Waals surface area contributed by atoms with Crippen molar-refractivity contribution < 1.29 is 0 Å². The molecule has 0 fully saturated rings. The number of allylic oxidation sites excluding steroid dienone is 4. The second-order valence-electron chi connectivity index (χ2n) is 6.03. The molecule has 2 aliphatic rings. The predicted octanol–water partition coefficient (Wildman–Crippen LogP) is 4.99. The third-order valence-corrected chi connectivity index (χ3v) is 4.34. The molecular formula is C23H20N2. The zero-order chi connectivity index (χ0) is 16.9. The lowest BCUT2D eigenvalue weighted by atomic mass is 10.2. The summed E-state index contributed by atoms with van der Waals surface area (Å²) in [5.41, 5.74) is 2.24. The first kappa shape index (κ1) is 15.5. The van der Waals surface area contributed by atoms with Gasteiger partial charge in [0.25, 0.3) is 0 Å².